The van der Waals surface area contributed by atoms with Gasteiger partial charge < -0.3 is 9.13 Å². The van der Waals surface area contributed by atoms with E-state index in [1.54, 1.807) is 0 Å². The van der Waals surface area contributed by atoms with E-state index in [1.165, 1.54) is 0 Å². The minimum atomic E-state index is 0.527. The molecule has 10 heteroatoms. The van der Waals surface area contributed by atoms with Crippen LogP contribution >= 0.6 is 0 Å². The van der Waals surface area contributed by atoms with Gasteiger partial charge in [0.25, 0.3) is 0 Å². The molecule has 0 bridgehead atoms. The Balaban J connectivity index is 1.34. The molecule has 5 aromatic carbocycles. The maximum absolute atomic E-state index is 10.7. The largest absolute Gasteiger partial charge is 0.304 e. The summed E-state index contributed by atoms with van der Waals surface area (Å²) in [7, 11) is 0. The number of rotatable bonds is 5. The fraction of sp³-hybridized carbons (Fsp3) is 0. The number of aromatic nitrogens is 9. The highest BCUT2D eigenvalue weighted by Gasteiger charge is 2.32. The molecule has 306 valence electrons. The van der Waals surface area contributed by atoms with Crippen molar-refractivity contribution in [3.8, 4) is 40.2 Å². The van der Waals surface area contributed by atoms with Crippen molar-refractivity contribution >= 4 is 87.2 Å². The molecule has 0 radical (unpaired) electrons. The molecule has 0 spiro atoms. The molecular formula is C56H32N10. The van der Waals surface area contributed by atoms with Gasteiger partial charge in [-0.15, -0.1) is 0 Å². The van der Waals surface area contributed by atoms with Crippen molar-refractivity contribution in [3.05, 3.63) is 201 Å². The zero-order chi connectivity index (χ0) is 43.5. The van der Waals surface area contributed by atoms with Crippen LogP contribution in [0.3, 0.4) is 0 Å². The number of nitrogens with zero attached hydrogens (tertiary/aromatic N) is 10. The molecule has 0 N–H and O–H groups in total. The maximum Gasteiger partial charge on any atom is 0.165 e. The zero-order valence-corrected chi connectivity index (χ0v) is 34.9. The van der Waals surface area contributed by atoms with Gasteiger partial charge in [-0.3, -0.25) is 29.1 Å². The van der Waals surface area contributed by atoms with Crippen molar-refractivity contribution in [3.63, 3.8) is 0 Å². The number of benzene rings is 5. The Bertz CT molecular complexity index is 3930. The second-order valence-corrected chi connectivity index (χ2v) is 16.5. The highest BCUT2D eigenvalue weighted by atomic mass is 15.2. The van der Waals surface area contributed by atoms with Crippen LogP contribution in [0.4, 0.5) is 0 Å². The van der Waals surface area contributed by atoms with E-state index in [2.05, 4.69) is 152 Å². The zero-order valence-electron chi connectivity index (χ0n) is 34.9. The molecule has 14 aromatic rings. The average molecular weight is 845 g/mol. The highest BCUT2D eigenvalue weighted by Crippen LogP contribution is 2.48. The van der Waals surface area contributed by atoms with E-state index >= 15 is 0 Å². The molecule has 0 fully saturated rings. The Kier molecular flexibility index (Phi) is 7.52. The minimum absolute atomic E-state index is 0.527. The third-order valence-electron chi connectivity index (χ3n) is 13.2. The van der Waals surface area contributed by atoms with E-state index in [-0.39, 0.29) is 0 Å². The molecule has 66 heavy (non-hydrogen) atoms. The summed E-state index contributed by atoms with van der Waals surface area (Å²) in [6.45, 7) is 0. The smallest absolute Gasteiger partial charge is 0.165 e. The van der Waals surface area contributed by atoms with Gasteiger partial charge in [-0.25, -0.2) is 4.98 Å². The summed E-state index contributed by atoms with van der Waals surface area (Å²) in [6, 6.07) is 52.6. The van der Waals surface area contributed by atoms with E-state index in [0.717, 1.165) is 110 Å². The molecule has 9 aromatic heterocycles. The standard InChI is InChI=1S/C56H32N10/c57-29-34-10-9-11-35(28-34)52-53(63-44-16-5-1-12-36(44)40-20-24-58-30-48(40)63)55(65-46-18-7-3-14-38(46)42-22-26-60-32-50(42)65)62-56(66-47-19-8-4-15-39(47)43-23-27-61-33-51(43)66)54(52)64-45-17-6-2-13-37(45)41-21-25-59-31-49(41)64/h1-28,30-33H. The van der Waals surface area contributed by atoms with E-state index < -0.39 is 0 Å². The van der Waals surface area contributed by atoms with Crippen LogP contribution < -0.4 is 0 Å². The Labute approximate surface area is 375 Å². The molecule has 0 amide bonds. The SMILES string of the molecule is N#Cc1cccc(-c2c(-n3c4ccccc4c4ccncc43)c(-n3c4ccccc4c4ccncc43)nc(-n3c4ccccc4c4ccncc43)c2-n2c3ccccc3c3ccncc32)c1. The molecule has 10 nitrogen and oxygen atoms in total. The number of hydrogen-bond acceptors (Lipinski definition) is 6. The lowest BCUT2D eigenvalue weighted by Crippen LogP contribution is -2.16. The van der Waals surface area contributed by atoms with Crippen molar-refractivity contribution < 1.29 is 0 Å². The quantitative estimate of drug-likeness (QED) is 0.171. The summed E-state index contributed by atoms with van der Waals surface area (Å²) in [6.07, 6.45) is 15.1. The second kappa shape index (κ2) is 13.8. The summed E-state index contributed by atoms with van der Waals surface area (Å²) >= 11 is 0. The molecule has 9 heterocycles. The van der Waals surface area contributed by atoms with Gasteiger partial charge >= 0.3 is 0 Å². The predicted octanol–water partition coefficient (Wildman–Crippen LogP) is 12.6. The monoisotopic (exact) mass is 844 g/mol. The Morgan fingerprint density at radius 2 is 0.697 bits per heavy atom. The number of fused-ring (bicyclic) bond motifs is 12. The van der Waals surface area contributed by atoms with Crippen molar-refractivity contribution in [1.82, 2.24) is 43.2 Å². The lowest BCUT2D eigenvalue weighted by molar-refractivity contribution is 0.958. The van der Waals surface area contributed by atoms with Crippen LogP contribution in [-0.2, 0) is 0 Å². The first-order valence-electron chi connectivity index (χ1n) is 21.7. The summed E-state index contributed by atoms with van der Waals surface area (Å²) < 4.78 is 9.15. The summed E-state index contributed by atoms with van der Waals surface area (Å²) in [5.74, 6) is 1.32. The summed E-state index contributed by atoms with van der Waals surface area (Å²) in [5.41, 5.74) is 11.3. The molecule has 0 atom stereocenters. The van der Waals surface area contributed by atoms with Gasteiger partial charge in [0, 0.05) is 73.4 Å². The lowest BCUT2D eigenvalue weighted by atomic mass is 9.98. The number of hydrogen-bond donors (Lipinski definition) is 0. The Hall–Kier alpha value is -9.46. The van der Waals surface area contributed by atoms with E-state index in [0.29, 0.717) is 17.2 Å². The molecule has 0 saturated carbocycles. The topological polar surface area (TPSA) is 108 Å². The lowest BCUT2D eigenvalue weighted by Gasteiger charge is -2.26. The molecule has 0 unspecified atom stereocenters. The van der Waals surface area contributed by atoms with Crippen LogP contribution in [0.25, 0.3) is 121 Å². The average Bonchev–Trinajstić information content (AvgIpc) is 4.11. The Morgan fingerprint density at radius 1 is 0.348 bits per heavy atom. The van der Waals surface area contributed by atoms with Crippen LogP contribution in [0.5, 0.6) is 0 Å². The van der Waals surface area contributed by atoms with Gasteiger partial charge in [0.1, 0.15) is 11.4 Å². The Morgan fingerprint density at radius 3 is 1.09 bits per heavy atom. The molecule has 14 rings (SSSR count). The molecule has 0 aliphatic carbocycles. The van der Waals surface area contributed by atoms with Crippen molar-refractivity contribution in [2.45, 2.75) is 0 Å². The molecule has 0 aliphatic rings. The van der Waals surface area contributed by atoms with Gasteiger partial charge in [0.15, 0.2) is 11.6 Å². The fourth-order valence-electron chi connectivity index (χ4n) is 10.5. The first-order chi connectivity index (χ1) is 32.8. The van der Waals surface area contributed by atoms with E-state index in [1.807, 2.05) is 67.8 Å². The molecule has 0 saturated heterocycles. The molecular weight excluding hydrogens is 813 g/mol. The van der Waals surface area contributed by atoms with Crippen LogP contribution in [0.1, 0.15) is 5.56 Å². The number of para-hydroxylation sites is 4. The van der Waals surface area contributed by atoms with Crippen LogP contribution in [0.2, 0.25) is 0 Å². The highest BCUT2D eigenvalue weighted by molar-refractivity contribution is 6.15. The number of pyridine rings is 5. The van der Waals surface area contributed by atoms with Crippen molar-refractivity contribution in [2.75, 3.05) is 0 Å². The third kappa shape index (κ3) is 4.90. The van der Waals surface area contributed by atoms with Crippen molar-refractivity contribution in [2.24, 2.45) is 0 Å². The van der Waals surface area contributed by atoms with Crippen LogP contribution in [-0.4, -0.2) is 43.2 Å². The van der Waals surface area contributed by atoms with Crippen LogP contribution in [0, 0.1) is 11.3 Å². The van der Waals surface area contributed by atoms with Gasteiger partial charge in [-0.05, 0) is 66.2 Å². The van der Waals surface area contributed by atoms with Gasteiger partial charge in [0.2, 0.25) is 0 Å². The van der Waals surface area contributed by atoms with Gasteiger partial charge in [-0.1, -0.05) is 84.9 Å². The number of nitriles is 1. The maximum atomic E-state index is 10.7. The van der Waals surface area contributed by atoms with E-state index in [9.17, 15) is 5.26 Å². The van der Waals surface area contributed by atoms with Gasteiger partial charge in [0.05, 0.1) is 80.6 Å². The predicted molar refractivity (Wildman–Crippen MR) is 263 cm³/mol. The first-order valence-corrected chi connectivity index (χ1v) is 21.7. The normalized spacial score (nSPS) is 11.9. The molecule has 0 aliphatic heterocycles. The third-order valence-corrected chi connectivity index (χ3v) is 13.2. The first kappa shape index (κ1) is 36.1. The van der Waals surface area contributed by atoms with E-state index in [4.69, 9.17) is 24.9 Å². The van der Waals surface area contributed by atoms with Crippen LogP contribution in [0.15, 0.2) is 195 Å². The summed E-state index contributed by atoms with van der Waals surface area (Å²) in [4.78, 5) is 25.2. The summed E-state index contributed by atoms with van der Waals surface area (Å²) in [5, 5.41) is 19.1. The fourth-order valence-corrected chi connectivity index (χ4v) is 10.5. The van der Waals surface area contributed by atoms with Crippen molar-refractivity contribution in [1.29, 1.82) is 5.26 Å². The second-order valence-electron chi connectivity index (χ2n) is 16.5. The van der Waals surface area contributed by atoms with Gasteiger partial charge in [-0.2, -0.15) is 5.26 Å². The minimum Gasteiger partial charge on any atom is -0.304 e.